The Bertz CT molecular complexity index is 1850. The first-order chi connectivity index (χ1) is 29.2. The van der Waals surface area contributed by atoms with Gasteiger partial charge in [0.1, 0.15) is 6.04 Å². The van der Waals surface area contributed by atoms with Crippen molar-refractivity contribution in [3.63, 3.8) is 0 Å². The molecule has 7 atom stereocenters. The highest BCUT2D eigenvalue weighted by atomic mass is 16.2. The van der Waals surface area contributed by atoms with Gasteiger partial charge in [-0.2, -0.15) is 0 Å². The number of unbranched alkanes of at least 4 members (excludes halogenated alkanes) is 6. The number of carbonyl (C=O) groups is 6. The lowest BCUT2D eigenvalue weighted by molar-refractivity contribution is -0.133. The summed E-state index contributed by atoms with van der Waals surface area (Å²) in [6.45, 7) is 4.79. The molecule has 0 bridgehead atoms. The molecule has 60 heavy (non-hydrogen) atoms. The Balaban J connectivity index is 1.06. The first-order valence-electron chi connectivity index (χ1n) is 22.1. The molecule has 0 spiro atoms. The topological polar surface area (TPSA) is 166 Å². The van der Waals surface area contributed by atoms with E-state index in [1.807, 2.05) is 36.4 Å². The predicted molar refractivity (Wildman–Crippen MR) is 231 cm³/mol. The van der Waals surface area contributed by atoms with E-state index < -0.39 is 23.8 Å². The number of hydrogen-bond acceptors (Lipinski definition) is 6. The lowest BCUT2D eigenvalue weighted by Gasteiger charge is -2.19. The quantitative estimate of drug-likeness (QED) is 0.0829. The van der Waals surface area contributed by atoms with Gasteiger partial charge in [-0.25, -0.2) is 0 Å². The molecule has 5 N–H and O–H groups in total. The van der Waals surface area contributed by atoms with Crippen molar-refractivity contribution in [2.45, 2.75) is 114 Å². The van der Waals surface area contributed by atoms with Crippen molar-refractivity contribution in [3.8, 4) is 0 Å². The van der Waals surface area contributed by atoms with Crippen molar-refractivity contribution < 1.29 is 28.8 Å². The predicted octanol–water partition coefficient (Wildman–Crippen LogP) is 5.60. The number of likely N-dealkylation sites (tertiary alicyclic amines) is 1. The maximum absolute atomic E-state index is 13.9. The van der Waals surface area contributed by atoms with Crippen LogP contribution in [-0.2, 0) is 19.2 Å². The highest BCUT2D eigenvalue weighted by Crippen LogP contribution is 2.42. The molecule has 12 nitrogen and oxygen atoms in total. The zero-order chi connectivity index (χ0) is 42.4. The van der Waals surface area contributed by atoms with Gasteiger partial charge >= 0.3 is 0 Å². The summed E-state index contributed by atoms with van der Waals surface area (Å²) in [5.74, 6) is -2.83. The molecule has 6 amide bonds. The third-order valence-electron chi connectivity index (χ3n) is 12.1. The highest BCUT2D eigenvalue weighted by molar-refractivity contribution is 5.99. The van der Waals surface area contributed by atoms with Crippen LogP contribution in [0.15, 0.2) is 84.9 Å². The summed E-state index contributed by atoms with van der Waals surface area (Å²) < 4.78 is 0. The minimum Gasteiger partial charge on any atom is -0.354 e. The Hall–Kier alpha value is -5.52. The van der Waals surface area contributed by atoms with Crippen LogP contribution in [0, 0.1) is 11.8 Å². The van der Waals surface area contributed by atoms with Crippen molar-refractivity contribution in [3.05, 3.63) is 107 Å². The normalized spacial score (nSPS) is 21.9. The zero-order valence-electron chi connectivity index (χ0n) is 35.1. The molecule has 2 aliphatic carbocycles. The first kappa shape index (κ1) is 44.0. The largest absolute Gasteiger partial charge is 0.354 e. The van der Waals surface area contributed by atoms with Crippen molar-refractivity contribution in [1.29, 1.82) is 0 Å². The highest BCUT2D eigenvalue weighted by Gasteiger charge is 2.49. The van der Waals surface area contributed by atoms with Crippen LogP contribution < -0.4 is 26.6 Å². The van der Waals surface area contributed by atoms with E-state index in [1.54, 1.807) is 17.0 Å². The number of hydrogen-bond donors (Lipinski definition) is 5. The minimum absolute atomic E-state index is 0.0232. The van der Waals surface area contributed by atoms with E-state index in [0.717, 1.165) is 75.3 Å². The van der Waals surface area contributed by atoms with Crippen LogP contribution in [0.2, 0.25) is 0 Å². The second kappa shape index (κ2) is 21.7. The summed E-state index contributed by atoms with van der Waals surface area (Å²) in [5.41, 5.74) is 2.93. The van der Waals surface area contributed by atoms with Gasteiger partial charge in [0, 0.05) is 67.6 Å². The van der Waals surface area contributed by atoms with E-state index in [0.29, 0.717) is 18.5 Å². The molecule has 12 heteroatoms. The molecule has 0 aromatic heterocycles. The molecule has 3 aliphatic rings. The van der Waals surface area contributed by atoms with Gasteiger partial charge in [-0.05, 0) is 61.1 Å². The Kier molecular flexibility index (Phi) is 15.9. The molecule has 0 radical (unpaired) electrons. The van der Waals surface area contributed by atoms with Crippen molar-refractivity contribution >= 4 is 35.4 Å². The van der Waals surface area contributed by atoms with E-state index in [4.69, 9.17) is 0 Å². The minimum atomic E-state index is -0.932. The number of amides is 6. The number of nitrogens with zero attached hydrogens (tertiary/aromatic N) is 1. The standard InChI is InChI=1S/C48H62N6O6/c1-3-5-7-15-21-43(55)51-42(47(59)49-26-16-8-6-4-2)29-50-44(56)34-22-24-35(25-23-34)48(60)54-30-38(45(57)52-40-27-36(40)32-17-11-9-12-18-32)39(31-54)46(58)53-41-28-37(41)33-19-13-10-14-20-33/h9-14,17-20,22-25,36-42H,3-8,15-16,21,26-31H2,1-2H3,(H,49,59)(H,50,56)(H,51,55)(H,52,57)(H,53,58)/t36-,37-,38-,39-,40+,41+,42-/m1/s1. The Labute approximate surface area is 354 Å². The van der Waals surface area contributed by atoms with Gasteiger partial charge < -0.3 is 31.5 Å². The van der Waals surface area contributed by atoms with Crippen LogP contribution in [0.5, 0.6) is 0 Å². The second-order valence-electron chi connectivity index (χ2n) is 16.7. The molecule has 2 saturated carbocycles. The Morgan fingerprint density at radius 2 is 1.13 bits per heavy atom. The fourth-order valence-corrected chi connectivity index (χ4v) is 8.25. The molecule has 3 aromatic rings. The summed E-state index contributed by atoms with van der Waals surface area (Å²) in [7, 11) is 0. The number of nitrogens with one attached hydrogen (secondary N) is 5. The van der Waals surface area contributed by atoms with Crippen LogP contribution in [0.25, 0.3) is 0 Å². The molecule has 320 valence electrons. The van der Waals surface area contributed by atoms with Crippen LogP contribution in [0.4, 0.5) is 0 Å². The molecule has 1 saturated heterocycles. The lowest BCUT2D eigenvalue weighted by Crippen LogP contribution is -2.52. The zero-order valence-corrected chi connectivity index (χ0v) is 35.1. The number of carbonyl (C=O) groups excluding carboxylic acids is 6. The van der Waals surface area contributed by atoms with Crippen molar-refractivity contribution in [2.75, 3.05) is 26.2 Å². The van der Waals surface area contributed by atoms with Gasteiger partial charge in [0.2, 0.25) is 23.6 Å². The van der Waals surface area contributed by atoms with Crippen LogP contribution in [0.3, 0.4) is 0 Å². The molecular weight excluding hydrogens is 757 g/mol. The van der Waals surface area contributed by atoms with E-state index in [2.05, 4.69) is 64.7 Å². The van der Waals surface area contributed by atoms with E-state index >= 15 is 0 Å². The van der Waals surface area contributed by atoms with Crippen molar-refractivity contribution in [1.82, 2.24) is 31.5 Å². The van der Waals surface area contributed by atoms with Gasteiger partial charge in [-0.1, -0.05) is 113 Å². The maximum atomic E-state index is 13.9. The smallest absolute Gasteiger partial charge is 0.253 e. The molecule has 6 rings (SSSR count). The Morgan fingerprint density at radius 1 is 0.617 bits per heavy atom. The van der Waals surface area contributed by atoms with E-state index in [9.17, 15) is 28.8 Å². The molecule has 3 fully saturated rings. The maximum Gasteiger partial charge on any atom is 0.253 e. The lowest BCUT2D eigenvalue weighted by atomic mass is 9.94. The third kappa shape index (κ3) is 12.3. The van der Waals surface area contributed by atoms with Crippen LogP contribution in [-0.4, -0.2) is 84.6 Å². The van der Waals surface area contributed by atoms with Gasteiger partial charge in [0.15, 0.2) is 0 Å². The number of rotatable bonds is 22. The fraction of sp³-hybridized carbons (Fsp3) is 0.500. The van der Waals surface area contributed by atoms with Gasteiger partial charge in [-0.3, -0.25) is 28.8 Å². The molecule has 0 unspecified atom stereocenters. The molecule has 1 heterocycles. The fourth-order valence-electron chi connectivity index (χ4n) is 8.25. The summed E-state index contributed by atoms with van der Waals surface area (Å²) in [6, 6.07) is 25.3. The molecular formula is C48H62N6O6. The SMILES string of the molecule is CCCCCCNC(=O)[C@@H](CNC(=O)c1ccc(C(=O)N2C[C@@H](C(=O)N[C@H]3C[C@@H]3c3ccccc3)[C@H](C(=O)N[C@H]3C[C@@H]3c3ccccc3)C2)cc1)NC(=O)CCCCCC. The van der Waals surface area contributed by atoms with Crippen molar-refractivity contribution in [2.24, 2.45) is 11.8 Å². The summed E-state index contributed by atoms with van der Waals surface area (Å²) in [6.07, 6.45) is 9.69. The summed E-state index contributed by atoms with van der Waals surface area (Å²) in [5, 5.41) is 14.8. The van der Waals surface area contributed by atoms with Gasteiger partial charge in [-0.15, -0.1) is 0 Å². The van der Waals surface area contributed by atoms with Gasteiger partial charge in [0.25, 0.3) is 11.8 Å². The average molecular weight is 819 g/mol. The number of benzene rings is 3. The molecule has 3 aromatic carbocycles. The monoisotopic (exact) mass is 818 g/mol. The molecule has 1 aliphatic heterocycles. The summed E-state index contributed by atoms with van der Waals surface area (Å²) in [4.78, 5) is 82.3. The van der Waals surface area contributed by atoms with E-state index in [-0.39, 0.29) is 78.7 Å². The summed E-state index contributed by atoms with van der Waals surface area (Å²) >= 11 is 0. The van der Waals surface area contributed by atoms with Gasteiger partial charge in [0.05, 0.1) is 11.8 Å². The second-order valence-corrected chi connectivity index (χ2v) is 16.7. The average Bonchev–Trinajstić information content (AvgIpc) is 4.18. The first-order valence-corrected chi connectivity index (χ1v) is 22.1. The van der Waals surface area contributed by atoms with E-state index in [1.165, 1.54) is 12.1 Å². The third-order valence-corrected chi connectivity index (χ3v) is 12.1. The van der Waals surface area contributed by atoms with Crippen LogP contribution >= 0.6 is 0 Å². The Morgan fingerprint density at radius 3 is 1.67 bits per heavy atom. The van der Waals surface area contributed by atoms with Crippen LogP contribution in [0.1, 0.15) is 128 Å².